The summed E-state index contributed by atoms with van der Waals surface area (Å²) in [5.74, 6) is -0.213. The van der Waals surface area contributed by atoms with Crippen molar-refractivity contribution in [2.24, 2.45) is 11.3 Å². The molecule has 1 saturated carbocycles. The Hall–Kier alpha value is -1.51. The first-order valence-electron chi connectivity index (χ1n) is 5.98. The monoisotopic (exact) mass is 233 g/mol. The summed E-state index contributed by atoms with van der Waals surface area (Å²) in [6.45, 7) is 7.29. The molecule has 1 aromatic carbocycles. The van der Waals surface area contributed by atoms with Crippen molar-refractivity contribution in [1.29, 1.82) is 0 Å². The number of hydrogen-bond donors (Lipinski definition) is 2. The molecule has 1 aliphatic rings. The van der Waals surface area contributed by atoms with Crippen LogP contribution in [0.3, 0.4) is 0 Å². The number of carboxylic acids is 1. The van der Waals surface area contributed by atoms with Gasteiger partial charge in [-0.15, -0.1) is 0 Å². The van der Waals surface area contributed by atoms with E-state index in [1.165, 1.54) is 6.42 Å². The van der Waals surface area contributed by atoms with Crippen molar-refractivity contribution in [1.82, 2.24) is 0 Å². The van der Waals surface area contributed by atoms with Gasteiger partial charge in [0.2, 0.25) is 0 Å². The van der Waals surface area contributed by atoms with Crippen LogP contribution in [0.1, 0.15) is 36.2 Å². The third-order valence-corrected chi connectivity index (χ3v) is 3.75. The fourth-order valence-corrected chi connectivity index (χ4v) is 2.23. The van der Waals surface area contributed by atoms with E-state index >= 15 is 0 Å². The molecule has 1 aliphatic carbocycles. The molecule has 0 aliphatic heterocycles. The number of nitrogens with one attached hydrogen (secondary N) is 1. The van der Waals surface area contributed by atoms with Crippen LogP contribution in [0.5, 0.6) is 0 Å². The Morgan fingerprint density at radius 1 is 1.53 bits per heavy atom. The van der Waals surface area contributed by atoms with E-state index in [4.69, 9.17) is 5.11 Å². The Morgan fingerprint density at radius 2 is 2.18 bits per heavy atom. The molecule has 0 bridgehead atoms. The molecule has 3 nitrogen and oxygen atoms in total. The van der Waals surface area contributed by atoms with Crippen molar-refractivity contribution in [2.45, 2.75) is 27.2 Å². The van der Waals surface area contributed by atoms with E-state index in [0.717, 1.165) is 17.8 Å². The predicted octanol–water partition coefficient (Wildman–Crippen LogP) is 3.15. The zero-order chi connectivity index (χ0) is 12.6. The third kappa shape index (κ3) is 2.43. The highest BCUT2D eigenvalue weighted by atomic mass is 16.4. The van der Waals surface area contributed by atoms with Crippen molar-refractivity contribution >= 4 is 11.7 Å². The van der Waals surface area contributed by atoms with E-state index < -0.39 is 5.97 Å². The molecule has 1 aromatic rings. The van der Waals surface area contributed by atoms with Gasteiger partial charge in [0.1, 0.15) is 0 Å². The lowest BCUT2D eigenvalue weighted by Crippen LogP contribution is -2.12. The summed E-state index contributed by atoms with van der Waals surface area (Å²) in [4.78, 5) is 11.1. The van der Waals surface area contributed by atoms with Gasteiger partial charge in [0.05, 0.1) is 11.3 Å². The zero-order valence-electron chi connectivity index (χ0n) is 10.6. The summed E-state index contributed by atoms with van der Waals surface area (Å²) < 4.78 is 0. The van der Waals surface area contributed by atoms with Gasteiger partial charge in [-0.25, -0.2) is 4.79 Å². The number of aromatic carboxylic acids is 1. The number of benzene rings is 1. The van der Waals surface area contributed by atoms with Crippen LogP contribution in [0, 0.1) is 18.3 Å². The molecule has 0 radical (unpaired) electrons. The van der Waals surface area contributed by atoms with Crippen LogP contribution in [-0.4, -0.2) is 17.6 Å². The number of carboxylic acid groups (broad SMARTS) is 1. The topological polar surface area (TPSA) is 49.3 Å². The van der Waals surface area contributed by atoms with Crippen LogP contribution in [0.25, 0.3) is 0 Å². The van der Waals surface area contributed by atoms with E-state index in [-0.39, 0.29) is 0 Å². The smallest absolute Gasteiger partial charge is 0.337 e. The lowest BCUT2D eigenvalue weighted by molar-refractivity contribution is 0.0698. The average Bonchev–Trinajstić information content (AvgIpc) is 2.84. The first-order chi connectivity index (χ1) is 7.92. The summed E-state index contributed by atoms with van der Waals surface area (Å²) in [7, 11) is 0. The Labute approximate surface area is 102 Å². The fraction of sp³-hybridized carbons (Fsp3) is 0.500. The van der Waals surface area contributed by atoms with E-state index in [1.54, 1.807) is 12.1 Å². The van der Waals surface area contributed by atoms with Gasteiger partial charge in [0.25, 0.3) is 0 Å². The largest absolute Gasteiger partial charge is 0.478 e. The van der Waals surface area contributed by atoms with Crippen molar-refractivity contribution in [3.8, 4) is 0 Å². The van der Waals surface area contributed by atoms with Crippen LogP contribution in [0.4, 0.5) is 5.69 Å². The van der Waals surface area contributed by atoms with Gasteiger partial charge in [-0.3, -0.25) is 0 Å². The minimum Gasteiger partial charge on any atom is -0.478 e. The molecule has 92 valence electrons. The van der Waals surface area contributed by atoms with Gasteiger partial charge in [0.15, 0.2) is 0 Å². The molecule has 1 atom stereocenters. The lowest BCUT2D eigenvalue weighted by Gasteiger charge is -2.13. The summed E-state index contributed by atoms with van der Waals surface area (Å²) in [6.07, 6.45) is 1.22. The Balaban J connectivity index is 2.12. The maximum atomic E-state index is 11.1. The molecule has 0 amide bonds. The second-order valence-electron chi connectivity index (χ2n) is 5.57. The van der Waals surface area contributed by atoms with Gasteiger partial charge in [-0.05, 0) is 36.3 Å². The summed E-state index contributed by atoms with van der Waals surface area (Å²) >= 11 is 0. The maximum Gasteiger partial charge on any atom is 0.337 e. The molecule has 0 saturated heterocycles. The first-order valence-corrected chi connectivity index (χ1v) is 5.98. The Bertz CT molecular complexity index is 452. The maximum absolute atomic E-state index is 11.1. The molecule has 2 N–H and O–H groups in total. The lowest BCUT2D eigenvalue weighted by atomic mass is 10.1. The Morgan fingerprint density at radius 3 is 2.71 bits per heavy atom. The summed E-state index contributed by atoms with van der Waals surface area (Å²) in [6, 6.07) is 5.37. The SMILES string of the molecule is Cc1cccc(C(=O)O)c1NCC1CC1(C)C. The highest BCUT2D eigenvalue weighted by Crippen LogP contribution is 2.51. The number of hydrogen-bond acceptors (Lipinski definition) is 2. The Kier molecular flexibility index (Phi) is 2.86. The number of anilines is 1. The van der Waals surface area contributed by atoms with Crippen molar-refractivity contribution in [3.63, 3.8) is 0 Å². The van der Waals surface area contributed by atoms with E-state index in [9.17, 15) is 4.79 Å². The molecular formula is C14H19NO2. The molecule has 3 heteroatoms. The van der Waals surface area contributed by atoms with E-state index in [0.29, 0.717) is 16.9 Å². The van der Waals surface area contributed by atoms with Gasteiger partial charge < -0.3 is 10.4 Å². The molecule has 1 fully saturated rings. The number of para-hydroxylation sites is 1. The van der Waals surface area contributed by atoms with Crippen LogP contribution in [0.15, 0.2) is 18.2 Å². The molecule has 17 heavy (non-hydrogen) atoms. The van der Waals surface area contributed by atoms with Crippen LogP contribution >= 0.6 is 0 Å². The summed E-state index contributed by atoms with van der Waals surface area (Å²) in [5, 5.41) is 12.4. The molecule has 0 heterocycles. The van der Waals surface area contributed by atoms with Crippen LogP contribution in [0.2, 0.25) is 0 Å². The molecule has 2 rings (SSSR count). The van der Waals surface area contributed by atoms with Crippen molar-refractivity contribution < 1.29 is 9.90 Å². The minimum absolute atomic E-state index is 0.364. The van der Waals surface area contributed by atoms with Crippen molar-refractivity contribution in [2.75, 3.05) is 11.9 Å². The molecule has 0 spiro atoms. The first kappa shape index (κ1) is 12.0. The molecule has 0 aromatic heterocycles. The highest BCUT2D eigenvalue weighted by molar-refractivity contribution is 5.95. The third-order valence-electron chi connectivity index (χ3n) is 3.75. The summed E-state index contributed by atoms with van der Waals surface area (Å²) in [5.41, 5.74) is 2.54. The molecular weight excluding hydrogens is 214 g/mol. The quantitative estimate of drug-likeness (QED) is 0.839. The number of carbonyl (C=O) groups is 1. The number of aryl methyl sites for hydroxylation is 1. The van der Waals surface area contributed by atoms with Crippen molar-refractivity contribution in [3.05, 3.63) is 29.3 Å². The normalized spacial score (nSPS) is 21.0. The van der Waals surface area contributed by atoms with Gasteiger partial charge in [-0.1, -0.05) is 26.0 Å². The molecule has 1 unspecified atom stereocenters. The van der Waals surface area contributed by atoms with Crippen LogP contribution < -0.4 is 5.32 Å². The minimum atomic E-state index is -0.869. The average molecular weight is 233 g/mol. The van der Waals surface area contributed by atoms with E-state index in [2.05, 4.69) is 19.2 Å². The van der Waals surface area contributed by atoms with E-state index in [1.807, 2.05) is 13.0 Å². The predicted molar refractivity (Wildman–Crippen MR) is 68.5 cm³/mol. The second-order valence-corrected chi connectivity index (χ2v) is 5.57. The second kappa shape index (κ2) is 4.06. The fourth-order valence-electron chi connectivity index (χ4n) is 2.23. The number of rotatable bonds is 4. The van der Waals surface area contributed by atoms with Gasteiger partial charge >= 0.3 is 5.97 Å². The standard InChI is InChI=1S/C14H19NO2/c1-9-5-4-6-11(13(16)17)12(9)15-8-10-7-14(10,2)3/h4-6,10,15H,7-8H2,1-3H3,(H,16,17). The van der Waals surface area contributed by atoms with Crippen LogP contribution in [-0.2, 0) is 0 Å². The highest BCUT2D eigenvalue weighted by Gasteiger charge is 2.45. The van der Waals surface area contributed by atoms with Gasteiger partial charge in [0, 0.05) is 6.54 Å². The van der Waals surface area contributed by atoms with Gasteiger partial charge in [-0.2, -0.15) is 0 Å². The zero-order valence-corrected chi connectivity index (χ0v) is 10.6.